The number of piperazine rings is 2. The van der Waals surface area contributed by atoms with Crippen LogP contribution in [0.3, 0.4) is 0 Å². The molecule has 6 N–H and O–H groups in total. The number of nitrogens with zero attached hydrogens (tertiary/aromatic N) is 7. The van der Waals surface area contributed by atoms with Gasteiger partial charge in [0, 0.05) is 83.0 Å². The highest BCUT2D eigenvalue weighted by atomic mass is 16.7. The van der Waals surface area contributed by atoms with Crippen molar-refractivity contribution in [1.82, 2.24) is 29.5 Å². The number of esters is 1. The monoisotopic (exact) mass is 1100 g/mol. The smallest absolute Gasteiger partial charge is 0.337 e. The minimum Gasteiger partial charge on any atom is -0.494 e. The molecule has 23 heteroatoms. The normalized spacial score (nSPS) is 26.4. The number of aliphatic hydroxyl groups excluding tert-OH is 4. The molecule has 4 saturated heterocycles. The number of rotatable bonds is 15. The SMILES string of the molecule is COC(=O)c1ccc2c(C(=Nc3ccc(N(C)C(=O)CN4CCN(C)CC4)cc3)c3ccccc3)c(O)n(C(=O)N3CCN(C(=O)C4OC(OC5C(O)C(CO)OC(C(C)C)C5NC(C)=O)C(O)C(O)C4OC(C)C)CC3)c2c1. The molecule has 79 heavy (non-hydrogen) atoms. The molecule has 3 aromatic carbocycles. The zero-order valence-corrected chi connectivity index (χ0v) is 45.9. The van der Waals surface area contributed by atoms with Gasteiger partial charge in [-0.1, -0.05) is 50.2 Å². The number of methoxy groups -OCH3 is 1. The highest BCUT2D eigenvalue weighted by Crippen LogP contribution is 2.38. The van der Waals surface area contributed by atoms with Crippen LogP contribution in [0.15, 0.2) is 77.8 Å². The Morgan fingerprint density at radius 2 is 1.47 bits per heavy atom. The Morgan fingerprint density at radius 1 is 0.810 bits per heavy atom. The van der Waals surface area contributed by atoms with Crippen LogP contribution in [-0.4, -0.2) is 239 Å². The number of aromatic hydroxyl groups is 1. The van der Waals surface area contributed by atoms with Crippen LogP contribution in [0.25, 0.3) is 10.9 Å². The first kappa shape index (κ1) is 58.8. The van der Waals surface area contributed by atoms with Gasteiger partial charge < -0.3 is 74.1 Å². The summed E-state index contributed by atoms with van der Waals surface area (Å²) in [6, 6.07) is 19.1. The molecule has 10 unspecified atom stereocenters. The minimum absolute atomic E-state index is 0.0542. The van der Waals surface area contributed by atoms with Crippen molar-refractivity contribution >= 4 is 57.7 Å². The molecule has 23 nitrogen and oxygen atoms in total. The van der Waals surface area contributed by atoms with Crippen LogP contribution in [0.2, 0.25) is 0 Å². The third-order valence-electron chi connectivity index (χ3n) is 15.0. The predicted octanol–water partition coefficient (Wildman–Crippen LogP) is 1.53. The Hall–Kier alpha value is -6.38. The Bertz CT molecular complexity index is 2830. The third kappa shape index (κ3) is 12.8. The first-order chi connectivity index (χ1) is 37.7. The van der Waals surface area contributed by atoms with Crippen molar-refractivity contribution < 1.29 is 73.2 Å². The number of hydrogen-bond donors (Lipinski definition) is 6. The van der Waals surface area contributed by atoms with Gasteiger partial charge in [-0.3, -0.25) is 19.3 Å². The Balaban J connectivity index is 1.06. The molecule has 8 rings (SSSR count). The van der Waals surface area contributed by atoms with E-state index in [4.69, 9.17) is 28.7 Å². The van der Waals surface area contributed by atoms with Crippen LogP contribution in [0.1, 0.15) is 56.1 Å². The molecule has 0 saturated carbocycles. The Kier molecular flexibility index (Phi) is 18.9. The number of hydrogen-bond acceptors (Lipinski definition) is 18. The first-order valence-corrected chi connectivity index (χ1v) is 26.7. The Morgan fingerprint density at radius 3 is 2.08 bits per heavy atom. The lowest BCUT2D eigenvalue weighted by Gasteiger charge is -2.49. The Labute approximate surface area is 458 Å². The van der Waals surface area contributed by atoms with Crippen molar-refractivity contribution in [3.05, 3.63) is 89.5 Å². The summed E-state index contributed by atoms with van der Waals surface area (Å²) < 4.78 is 30.5. The van der Waals surface area contributed by atoms with E-state index in [1.54, 1.807) is 56.1 Å². The number of carbonyl (C=O) groups excluding carboxylic acids is 5. The number of nitrogens with one attached hydrogen (secondary N) is 1. The number of likely N-dealkylation sites (N-methyl/N-ethyl adjacent to an activating group) is 2. The van der Waals surface area contributed by atoms with E-state index in [2.05, 4.69) is 22.2 Å². The number of benzene rings is 3. The molecule has 4 fully saturated rings. The van der Waals surface area contributed by atoms with Crippen LogP contribution in [0, 0.1) is 5.92 Å². The fraction of sp³-hybridized carbons (Fsp3) is 0.536. The summed E-state index contributed by atoms with van der Waals surface area (Å²) in [7, 11) is 5.02. The maximum atomic E-state index is 14.9. The van der Waals surface area contributed by atoms with Gasteiger partial charge in [0.2, 0.25) is 17.7 Å². The van der Waals surface area contributed by atoms with Gasteiger partial charge in [-0.05, 0) is 63.2 Å². The third-order valence-corrected chi connectivity index (χ3v) is 15.0. The van der Waals surface area contributed by atoms with Gasteiger partial charge in [0.15, 0.2) is 12.4 Å². The lowest BCUT2D eigenvalue weighted by Crippen LogP contribution is -2.69. The zero-order valence-electron chi connectivity index (χ0n) is 45.9. The van der Waals surface area contributed by atoms with Crippen molar-refractivity contribution in [1.29, 1.82) is 0 Å². The lowest BCUT2D eigenvalue weighted by molar-refractivity contribution is -0.332. The molecule has 428 valence electrons. The number of aromatic nitrogens is 1. The van der Waals surface area contributed by atoms with E-state index in [9.17, 15) is 49.5 Å². The molecule has 4 aliphatic rings. The fourth-order valence-electron chi connectivity index (χ4n) is 10.6. The quantitative estimate of drug-likeness (QED) is 0.0728. The largest absolute Gasteiger partial charge is 0.494 e. The number of aliphatic hydroxyl groups is 4. The van der Waals surface area contributed by atoms with Crippen molar-refractivity contribution in [2.45, 2.75) is 102 Å². The summed E-state index contributed by atoms with van der Waals surface area (Å²) >= 11 is 0. The molecular formula is C56H74N8O15. The van der Waals surface area contributed by atoms with Crippen LogP contribution >= 0.6 is 0 Å². The molecular weight excluding hydrogens is 1020 g/mol. The summed E-state index contributed by atoms with van der Waals surface area (Å²) in [5.41, 5.74) is 2.50. The maximum absolute atomic E-state index is 14.9. The number of carbonyl (C=O) groups is 5. The average Bonchev–Trinajstić information content (AvgIpc) is 4.02. The summed E-state index contributed by atoms with van der Waals surface area (Å²) in [5.74, 6) is -2.61. The number of aliphatic imine (C=N–C) groups is 1. The first-order valence-electron chi connectivity index (χ1n) is 26.7. The van der Waals surface area contributed by atoms with Crippen LogP contribution in [-0.2, 0) is 38.1 Å². The summed E-state index contributed by atoms with van der Waals surface area (Å²) in [4.78, 5) is 82.3. The van der Waals surface area contributed by atoms with E-state index in [-0.39, 0.29) is 61.2 Å². The van der Waals surface area contributed by atoms with Crippen molar-refractivity contribution in [2.75, 3.05) is 91.6 Å². The molecule has 5 heterocycles. The second kappa shape index (κ2) is 25.4. The van der Waals surface area contributed by atoms with Crippen LogP contribution in [0.4, 0.5) is 16.2 Å². The maximum Gasteiger partial charge on any atom is 0.337 e. The highest BCUT2D eigenvalue weighted by molar-refractivity contribution is 6.23. The van der Waals surface area contributed by atoms with E-state index in [1.165, 1.54) is 36.0 Å². The van der Waals surface area contributed by atoms with Crippen molar-refractivity contribution in [2.24, 2.45) is 10.9 Å². The summed E-state index contributed by atoms with van der Waals surface area (Å²) in [5, 5.41) is 60.2. The van der Waals surface area contributed by atoms with Gasteiger partial charge in [-0.15, -0.1) is 0 Å². The average molecular weight is 1100 g/mol. The highest BCUT2D eigenvalue weighted by Gasteiger charge is 2.54. The zero-order chi connectivity index (χ0) is 57.0. The number of amides is 4. The number of ether oxygens (including phenoxy) is 5. The van der Waals surface area contributed by atoms with Crippen molar-refractivity contribution in [3.8, 4) is 5.88 Å². The van der Waals surface area contributed by atoms with Gasteiger partial charge >= 0.3 is 12.0 Å². The van der Waals surface area contributed by atoms with Gasteiger partial charge in [-0.2, -0.15) is 0 Å². The molecule has 0 bridgehead atoms. The van der Waals surface area contributed by atoms with Gasteiger partial charge in [-0.25, -0.2) is 19.1 Å². The second-order valence-electron chi connectivity index (χ2n) is 21.2. The minimum atomic E-state index is -1.82. The van der Waals surface area contributed by atoms with E-state index >= 15 is 0 Å². The molecule has 4 aromatic rings. The molecule has 1 aromatic heterocycles. The van der Waals surface area contributed by atoms with E-state index in [1.807, 2.05) is 44.2 Å². The van der Waals surface area contributed by atoms with E-state index in [0.29, 0.717) is 28.0 Å². The predicted molar refractivity (Wildman–Crippen MR) is 289 cm³/mol. The van der Waals surface area contributed by atoms with Crippen LogP contribution in [0.5, 0.6) is 5.88 Å². The molecule has 4 amide bonds. The molecule has 0 radical (unpaired) electrons. The van der Waals surface area contributed by atoms with Crippen LogP contribution < -0.4 is 10.2 Å². The van der Waals surface area contributed by atoms with Gasteiger partial charge in [0.1, 0.15) is 36.6 Å². The fourth-order valence-corrected chi connectivity index (χ4v) is 10.6. The molecule has 0 spiro atoms. The standard InChI is InChI=1S/C56H74N8O15/c1-31(2)48-44(57-33(5)66)49(45(68)40(30-65)77-48)78-55-47(70)46(69)50(76-32(3)4)51(79-55)53(72)62-24-26-63(27-25-62)56(74)64-39-28-35(54(73)75-8)14-19-38(39)42(52(64)71)43(34-12-10-9-11-13-34)58-36-15-17-37(18-16-36)60(7)41(67)29-61-22-20-59(6)21-23-61/h9-19,28,31-32,40,44-51,55,65,68-71H,20-27,29-30H2,1-8H3,(H,57,66). The molecule has 4 aliphatic heterocycles. The lowest BCUT2D eigenvalue weighted by atomic mass is 9.87. The van der Waals surface area contributed by atoms with Gasteiger partial charge in [0.25, 0.3) is 5.91 Å². The number of fused-ring (bicyclic) bond motifs is 1. The molecule has 0 aliphatic carbocycles. The second-order valence-corrected chi connectivity index (χ2v) is 21.2. The van der Waals surface area contributed by atoms with E-state index in [0.717, 1.165) is 30.7 Å². The topological polar surface area (TPSA) is 278 Å². The molecule has 10 atom stereocenters. The van der Waals surface area contributed by atoms with Crippen molar-refractivity contribution in [3.63, 3.8) is 0 Å². The summed E-state index contributed by atoms with van der Waals surface area (Å²) in [6.07, 6.45) is -13.7. The van der Waals surface area contributed by atoms with Gasteiger partial charge in [0.05, 0.1) is 66.6 Å². The van der Waals surface area contributed by atoms with E-state index < -0.39 is 104 Å². The summed E-state index contributed by atoms with van der Waals surface area (Å²) in [6.45, 7) is 11.1. The number of anilines is 1.